The molecule has 3 aromatic rings. The fraction of sp³-hybridized carbons (Fsp3) is 0.133. The summed E-state index contributed by atoms with van der Waals surface area (Å²) in [5.74, 6) is 1.47. The van der Waals surface area contributed by atoms with Gasteiger partial charge in [-0.1, -0.05) is 36.4 Å². The SMILES string of the molecule is Nc1cccc(OCCn2nnnc2-c2ccccc2)c1. The molecule has 3 rings (SSSR count). The number of nitrogens with zero attached hydrogens (tertiary/aromatic N) is 4. The Morgan fingerprint density at radius 2 is 1.90 bits per heavy atom. The number of nitrogens with two attached hydrogens (primary N) is 1. The largest absolute Gasteiger partial charge is 0.492 e. The Bertz CT molecular complexity index is 711. The minimum atomic E-state index is 0.467. The number of hydrogen-bond acceptors (Lipinski definition) is 5. The average Bonchev–Trinajstić information content (AvgIpc) is 2.97. The molecule has 0 amide bonds. The fourth-order valence-electron chi connectivity index (χ4n) is 2.00. The summed E-state index contributed by atoms with van der Waals surface area (Å²) in [7, 11) is 0. The summed E-state index contributed by atoms with van der Waals surface area (Å²) >= 11 is 0. The van der Waals surface area contributed by atoms with Crippen LogP contribution < -0.4 is 10.5 Å². The third-order valence-corrected chi connectivity index (χ3v) is 2.99. The van der Waals surface area contributed by atoms with Gasteiger partial charge in [0.15, 0.2) is 5.82 Å². The smallest absolute Gasteiger partial charge is 0.182 e. The van der Waals surface area contributed by atoms with Gasteiger partial charge in [-0.25, -0.2) is 4.68 Å². The fourth-order valence-corrected chi connectivity index (χ4v) is 2.00. The standard InChI is InChI=1S/C15H15N5O/c16-13-7-4-8-14(11-13)21-10-9-20-15(17-18-19-20)12-5-2-1-3-6-12/h1-8,11H,9-10,16H2. The van der Waals surface area contributed by atoms with E-state index in [-0.39, 0.29) is 0 Å². The van der Waals surface area contributed by atoms with Crippen LogP contribution in [0, 0.1) is 0 Å². The van der Waals surface area contributed by atoms with E-state index in [0.717, 1.165) is 17.1 Å². The van der Waals surface area contributed by atoms with Crippen LogP contribution in [-0.4, -0.2) is 26.8 Å². The van der Waals surface area contributed by atoms with Crippen LogP contribution in [0.2, 0.25) is 0 Å². The normalized spacial score (nSPS) is 10.5. The first-order chi connectivity index (χ1) is 10.3. The van der Waals surface area contributed by atoms with Crippen LogP contribution >= 0.6 is 0 Å². The predicted molar refractivity (Wildman–Crippen MR) is 79.6 cm³/mol. The Kier molecular flexibility index (Phi) is 3.77. The minimum Gasteiger partial charge on any atom is -0.492 e. The summed E-state index contributed by atoms with van der Waals surface area (Å²) in [6, 6.07) is 17.2. The van der Waals surface area contributed by atoms with Crippen molar-refractivity contribution in [3.63, 3.8) is 0 Å². The van der Waals surface area contributed by atoms with Gasteiger partial charge in [-0.2, -0.15) is 0 Å². The van der Waals surface area contributed by atoms with Crippen molar-refractivity contribution in [2.45, 2.75) is 6.54 Å². The van der Waals surface area contributed by atoms with Crippen molar-refractivity contribution < 1.29 is 4.74 Å². The van der Waals surface area contributed by atoms with Crippen LogP contribution in [0.1, 0.15) is 0 Å². The van der Waals surface area contributed by atoms with E-state index < -0.39 is 0 Å². The van der Waals surface area contributed by atoms with Crippen molar-refractivity contribution in [1.29, 1.82) is 0 Å². The van der Waals surface area contributed by atoms with E-state index >= 15 is 0 Å². The van der Waals surface area contributed by atoms with Gasteiger partial charge in [0.25, 0.3) is 0 Å². The lowest BCUT2D eigenvalue weighted by molar-refractivity contribution is 0.291. The van der Waals surface area contributed by atoms with Crippen molar-refractivity contribution in [3.8, 4) is 17.1 Å². The van der Waals surface area contributed by atoms with Gasteiger partial charge in [0, 0.05) is 17.3 Å². The summed E-state index contributed by atoms with van der Waals surface area (Å²) in [5.41, 5.74) is 7.37. The first-order valence-corrected chi connectivity index (χ1v) is 6.63. The van der Waals surface area contributed by atoms with Crippen LogP contribution in [0.25, 0.3) is 11.4 Å². The summed E-state index contributed by atoms with van der Waals surface area (Å²) in [5, 5.41) is 11.8. The highest BCUT2D eigenvalue weighted by atomic mass is 16.5. The second kappa shape index (κ2) is 6.04. The maximum absolute atomic E-state index is 5.71. The van der Waals surface area contributed by atoms with Gasteiger partial charge in [0.05, 0.1) is 6.54 Å². The highest BCUT2D eigenvalue weighted by Gasteiger charge is 2.08. The summed E-state index contributed by atoms with van der Waals surface area (Å²) in [6.45, 7) is 1.03. The van der Waals surface area contributed by atoms with Crippen molar-refractivity contribution in [1.82, 2.24) is 20.2 Å². The zero-order valence-electron chi connectivity index (χ0n) is 11.4. The highest BCUT2D eigenvalue weighted by molar-refractivity contribution is 5.53. The summed E-state index contributed by atoms with van der Waals surface area (Å²) in [6.07, 6.45) is 0. The second-order valence-corrected chi connectivity index (χ2v) is 4.51. The van der Waals surface area contributed by atoms with Gasteiger partial charge in [-0.3, -0.25) is 0 Å². The minimum absolute atomic E-state index is 0.467. The molecule has 0 fully saturated rings. The van der Waals surface area contributed by atoms with Crippen LogP contribution in [0.4, 0.5) is 5.69 Å². The summed E-state index contributed by atoms with van der Waals surface area (Å²) in [4.78, 5) is 0. The third-order valence-electron chi connectivity index (χ3n) is 2.99. The van der Waals surface area contributed by atoms with Gasteiger partial charge >= 0.3 is 0 Å². The molecule has 0 saturated heterocycles. The number of hydrogen-bond donors (Lipinski definition) is 1. The molecule has 0 aliphatic heterocycles. The molecule has 1 heterocycles. The second-order valence-electron chi connectivity index (χ2n) is 4.51. The predicted octanol–water partition coefficient (Wildman–Crippen LogP) is 2.00. The molecule has 0 spiro atoms. The highest BCUT2D eigenvalue weighted by Crippen LogP contribution is 2.16. The molecule has 2 N–H and O–H groups in total. The van der Waals surface area contributed by atoms with Gasteiger partial charge in [-0.05, 0) is 22.6 Å². The van der Waals surface area contributed by atoms with E-state index in [4.69, 9.17) is 10.5 Å². The number of ether oxygens (including phenoxy) is 1. The van der Waals surface area contributed by atoms with E-state index in [9.17, 15) is 0 Å². The molecular formula is C15H15N5O. The van der Waals surface area contributed by atoms with Crippen molar-refractivity contribution in [3.05, 3.63) is 54.6 Å². The monoisotopic (exact) mass is 281 g/mol. The molecule has 0 radical (unpaired) electrons. The van der Waals surface area contributed by atoms with Gasteiger partial charge in [0.2, 0.25) is 0 Å². The first-order valence-electron chi connectivity index (χ1n) is 6.63. The van der Waals surface area contributed by atoms with Gasteiger partial charge in [0.1, 0.15) is 12.4 Å². The molecule has 6 nitrogen and oxygen atoms in total. The Hall–Kier alpha value is -2.89. The molecule has 106 valence electrons. The lowest BCUT2D eigenvalue weighted by Crippen LogP contribution is -2.11. The Balaban J connectivity index is 1.66. The number of tetrazole rings is 1. The molecule has 21 heavy (non-hydrogen) atoms. The van der Waals surface area contributed by atoms with Gasteiger partial charge in [-0.15, -0.1) is 5.10 Å². The maximum Gasteiger partial charge on any atom is 0.182 e. The Morgan fingerprint density at radius 1 is 1.05 bits per heavy atom. The quantitative estimate of drug-likeness (QED) is 0.724. The molecular weight excluding hydrogens is 266 g/mol. The zero-order valence-corrected chi connectivity index (χ0v) is 11.4. The van der Waals surface area contributed by atoms with E-state index in [1.54, 1.807) is 10.7 Å². The van der Waals surface area contributed by atoms with Gasteiger partial charge < -0.3 is 10.5 Å². The lowest BCUT2D eigenvalue weighted by atomic mass is 10.2. The van der Waals surface area contributed by atoms with Crippen LogP contribution in [0.3, 0.4) is 0 Å². The average molecular weight is 281 g/mol. The molecule has 0 unspecified atom stereocenters. The zero-order chi connectivity index (χ0) is 14.5. The molecule has 0 atom stereocenters. The maximum atomic E-state index is 5.71. The van der Waals surface area contributed by atoms with E-state index in [2.05, 4.69) is 15.5 Å². The number of nitrogen functional groups attached to an aromatic ring is 1. The van der Waals surface area contributed by atoms with Crippen molar-refractivity contribution >= 4 is 5.69 Å². The van der Waals surface area contributed by atoms with Crippen LogP contribution in [0.15, 0.2) is 54.6 Å². The molecule has 0 aliphatic rings. The van der Waals surface area contributed by atoms with Crippen LogP contribution in [-0.2, 0) is 6.54 Å². The topological polar surface area (TPSA) is 78.9 Å². The molecule has 2 aromatic carbocycles. The Morgan fingerprint density at radius 3 is 2.71 bits per heavy atom. The number of benzene rings is 2. The first kappa shape index (κ1) is 13.1. The molecule has 6 heteroatoms. The summed E-state index contributed by atoms with van der Waals surface area (Å²) < 4.78 is 7.38. The third kappa shape index (κ3) is 3.17. The van der Waals surface area contributed by atoms with Crippen molar-refractivity contribution in [2.75, 3.05) is 12.3 Å². The number of aromatic nitrogens is 4. The molecule has 0 bridgehead atoms. The van der Waals surface area contributed by atoms with Crippen molar-refractivity contribution in [2.24, 2.45) is 0 Å². The Labute approximate surface area is 122 Å². The molecule has 0 aliphatic carbocycles. The van der Waals surface area contributed by atoms with Crippen LogP contribution in [0.5, 0.6) is 5.75 Å². The van der Waals surface area contributed by atoms with E-state index in [1.165, 1.54) is 0 Å². The number of rotatable bonds is 5. The number of anilines is 1. The molecule has 0 saturated carbocycles. The van der Waals surface area contributed by atoms with E-state index in [0.29, 0.717) is 18.8 Å². The van der Waals surface area contributed by atoms with E-state index in [1.807, 2.05) is 48.5 Å². The lowest BCUT2D eigenvalue weighted by Gasteiger charge is -2.08. The molecule has 1 aromatic heterocycles.